The van der Waals surface area contributed by atoms with Crippen LogP contribution in [0.2, 0.25) is 0 Å². The normalized spacial score (nSPS) is 19.1. The van der Waals surface area contributed by atoms with Crippen molar-refractivity contribution in [2.24, 2.45) is 17.3 Å². The molecule has 0 radical (unpaired) electrons. The molecule has 3 atom stereocenters. The summed E-state index contributed by atoms with van der Waals surface area (Å²) < 4.78 is 3.52. The van der Waals surface area contributed by atoms with E-state index < -0.39 is 11.5 Å². The number of anilines is 2. The standard InChI is InChI=1S/C30H36N8O3/c1-18(2)30(29(3,4)5,37-17-22(28(40)41)34-36-37)20-10-12-21(13-11-20)33-26-25-24(14-15-32-27(25)39)38(35-26)23-9-7-6-8-19(23)16-31/h10-15,17-19,23H,6-9H2,1-5H3,(H,32,39)(H,33,35)(H,40,41). The number of nitrogens with zero attached hydrogens (tertiary/aromatic N) is 6. The van der Waals surface area contributed by atoms with E-state index in [0.29, 0.717) is 16.7 Å². The number of pyridine rings is 1. The van der Waals surface area contributed by atoms with Gasteiger partial charge in [-0.05, 0) is 47.9 Å². The fourth-order valence-corrected chi connectivity index (χ4v) is 6.85. The van der Waals surface area contributed by atoms with E-state index in [9.17, 15) is 20.0 Å². The quantitative estimate of drug-likeness (QED) is 0.271. The molecule has 1 saturated carbocycles. The van der Waals surface area contributed by atoms with Gasteiger partial charge in [0.05, 0.1) is 35.3 Å². The zero-order valence-electron chi connectivity index (χ0n) is 24.0. The van der Waals surface area contributed by atoms with Crippen LogP contribution in [0.5, 0.6) is 0 Å². The predicted molar refractivity (Wildman–Crippen MR) is 155 cm³/mol. The number of carboxylic acid groups (broad SMARTS) is 1. The molecule has 5 rings (SSSR count). The molecular weight excluding hydrogens is 520 g/mol. The van der Waals surface area contributed by atoms with Crippen molar-refractivity contribution in [3.05, 3.63) is 64.3 Å². The Morgan fingerprint density at radius 3 is 2.49 bits per heavy atom. The summed E-state index contributed by atoms with van der Waals surface area (Å²) in [6.45, 7) is 10.5. The highest BCUT2D eigenvalue weighted by Gasteiger charge is 2.49. The van der Waals surface area contributed by atoms with Crippen molar-refractivity contribution in [2.75, 3.05) is 5.32 Å². The Morgan fingerprint density at radius 1 is 1.17 bits per heavy atom. The third kappa shape index (κ3) is 4.67. The highest BCUT2D eigenvalue weighted by molar-refractivity contribution is 5.91. The number of aromatic nitrogens is 6. The van der Waals surface area contributed by atoms with Gasteiger partial charge in [0.15, 0.2) is 11.5 Å². The van der Waals surface area contributed by atoms with Crippen molar-refractivity contribution in [1.29, 1.82) is 5.26 Å². The number of hydrogen-bond donors (Lipinski definition) is 3. The molecule has 11 nitrogen and oxygen atoms in total. The molecule has 3 aromatic heterocycles. The SMILES string of the molecule is CC(C)C(c1ccc(Nc2nn(C3CCCCC3C#N)c3cc[nH]c(=O)c23)cc1)(n1cc(C(=O)O)nn1)C(C)(C)C. The van der Waals surface area contributed by atoms with Gasteiger partial charge >= 0.3 is 5.97 Å². The zero-order chi connectivity index (χ0) is 29.5. The van der Waals surface area contributed by atoms with E-state index in [-0.39, 0.29) is 34.5 Å². The molecule has 41 heavy (non-hydrogen) atoms. The minimum Gasteiger partial charge on any atom is -0.476 e. The van der Waals surface area contributed by atoms with Gasteiger partial charge in [0.2, 0.25) is 0 Å². The lowest BCUT2D eigenvalue weighted by molar-refractivity contribution is 0.0679. The van der Waals surface area contributed by atoms with E-state index in [2.05, 4.69) is 61.3 Å². The maximum Gasteiger partial charge on any atom is 0.358 e. The Bertz CT molecular complexity index is 1670. The summed E-state index contributed by atoms with van der Waals surface area (Å²) in [4.78, 5) is 27.3. The Labute approximate surface area is 238 Å². The topological polar surface area (TPSA) is 155 Å². The average Bonchev–Trinajstić information content (AvgIpc) is 3.56. The van der Waals surface area contributed by atoms with Crippen LogP contribution in [0, 0.1) is 28.6 Å². The van der Waals surface area contributed by atoms with E-state index in [4.69, 9.17) is 5.10 Å². The van der Waals surface area contributed by atoms with Gasteiger partial charge in [-0.1, -0.05) is 64.8 Å². The lowest BCUT2D eigenvalue weighted by Crippen LogP contribution is -2.51. The Hall–Kier alpha value is -4.46. The average molecular weight is 557 g/mol. The fraction of sp³-hybridized carbons (Fsp3) is 0.467. The van der Waals surface area contributed by atoms with E-state index in [1.807, 2.05) is 35.0 Å². The molecule has 11 heteroatoms. The molecule has 214 valence electrons. The number of nitrogens with one attached hydrogen (secondary N) is 2. The third-order valence-electron chi connectivity index (χ3n) is 8.48. The molecule has 1 aliphatic rings. The Morgan fingerprint density at radius 2 is 1.88 bits per heavy atom. The van der Waals surface area contributed by atoms with Crippen molar-refractivity contribution in [3.8, 4) is 6.07 Å². The number of hydrogen-bond acceptors (Lipinski definition) is 7. The summed E-state index contributed by atoms with van der Waals surface area (Å²) in [6, 6.07) is 12.0. The summed E-state index contributed by atoms with van der Waals surface area (Å²) in [5.74, 6) is -0.812. The molecule has 0 aliphatic heterocycles. The van der Waals surface area contributed by atoms with Crippen molar-refractivity contribution in [3.63, 3.8) is 0 Å². The first-order valence-electron chi connectivity index (χ1n) is 14.0. The monoisotopic (exact) mass is 556 g/mol. The van der Waals surface area contributed by atoms with E-state index in [0.717, 1.165) is 36.9 Å². The number of nitriles is 1. The number of rotatable bonds is 7. The maximum absolute atomic E-state index is 12.9. The Kier molecular flexibility index (Phi) is 7.19. The van der Waals surface area contributed by atoms with Crippen molar-refractivity contribution < 1.29 is 9.90 Å². The zero-order valence-corrected chi connectivity index (χ0v) is 24.0. The minimum absolute atomic E-state index is 0.0337. The summed E-state index contributed by atoms with van der Waals surface area (Å²) in [6.07, 6.45) is 6.80. The van der Waals surface area contributed by atoms with Crippen LogP contribution in [0.25, 0.3) is 10.9 Å². The van der Waals surface area contributed by atoms with Gasteiger partial charge in [0, 0.05) is 11.9 Å². The van der Waals surface area contributed by atoms with Crippen LogP contribution in [-0.4, -0.2) is 40.8 Å². The first-order valence-corrected chi connectivity index (χ1v) is 14.0. The second-order valence-electron chi connectivity index (χ2n) is 12.2. The smallest absolute Gasteiger partial charge is 0.358 e. The molecule has 1 aromatic carbocycles. The van der Waals surface area contributed by atoms with Crippen LogP contribution in [-0.2, 0) is 5.54 Å². The van der Waals surface area contributed by atoms with Crippen LogP contribution in [0.4, 0.5) is 11.5 Å². The van der Waals surface area contributed by atoms with Gasteiger partial charge < -0.3 is 15.4 Å². The number of benzene rings is 1. The van der Waals surface area contributed by atoms with Crippen molar-refractivity contribution in [2.45, 2.75) is 71.9 Å². The Balaban J connectivity index is 1.56. The number of fused-ring (bicyclic) bond motifs is 1. The molecular formula is C30H36N8O3. The van der Waals surface area contributed by atoms with E-state index in [1.54, 1.807) is 10.9 Å². The largest absolute Gasteiger partial charge is 0.476 e. The number of carbonyl (C=O) groups is 1. The van der Waals surface area contributed by atoms with Gasteiger partial charge in [-0.25, -0.2) is 9.48 Å². The number of H-pyrrole nitrogens is 1. The van der Waals surface area contributed by atoms with Crippen molar-refractivity contribution in [1.82, 2.24) is 29.8 Å². The molecule has 0 saturated heterocycles. The maximum atomic E-state index is 12.9. The molecule has 1 aliphatic carbocycles. The third-order valence-corrected chi connectivity index (χ3v) is 8.48. The summed E-state index contributed by atoms with van der Waals surface area (Å²) in [5.41, 5.74) is 0.961. The first-order chi connectivity index (χ1) is 19.5. The van der Waals surface area contributed by atoms with Gasteiger partial charge in [-0.15, -0.1) is 5.10 Å². The summed E-state index contributed by atoms with van der Waals surface area (Å²) in [7, 11) is 0. The minimum atomic E-state index is -1.13. The second kappa shape index (κ2) is 10.5. The number of aromatic carboxylic acids is 1. The van der Waals surface area contributed by atoms with Crippen LogP contribution < -0.4 is 10.9 Å². The number of aromatic amines is 1. The molecule has 1 fully saturated rings. The number of carboxylic acids is 1. The molecule has 0 spiro atoms. The molecule has 3 unspecified atom stereocenters. The molecule has 4 aromatic rings. The summed E-state index contributed by atoms with van der Waals surface area (Å²) in [5, 5.41) is 36.1. The van der Waals surface area contributed by atoms with E-state index in [1.165, 1.54) is 6.20 Å². The second-order valence-corrected chi connectivity index (χ2v) is 12.2. The van der Waals surface area contributed by atoms with Gasteiger partial charge in [0.25, 0.3) is 5.56 Å². The first kappa shape index (κ1) is 28.1. The fourth-order valence-electron chi connectivity index (χ4n) is 6.85. The van der Waals surface area contributed by atoms with Crippen LogP contribution in [0.1, 0.15) is 82.4 Å². The lowest BCUT2D eigenvalue weighted by Gasteiger charge is -2.48. The van der Waals surface area contributed by atoms with Gasteiger partial charge in [0.1, 0.15) is 5.39 Å². The van der Waals surface area contributed by atoms with Gasteiger partial charge in [-0.2, -0.15) is 10.4 Å². The highest BCUT2D eigenvalue weighted by atomic mass is 16.4. The van der Waals surface area contributed by atoms with Crippen LogP contribution in [0.15, 0.2) is 47.5 Å². The molecule has 3 heterocycles. The molecule has 0 amide bonds. The van der Waals surface area contributed by atoms with E-state index >= 15 is 0 Å². The lowest BCUT2D eigenvalue weighted by atomic mass is 9.63. The van der Waals surface area contributed by atoms with Crippen LogP contribution >= 0.6 is 0 Å². The van der Waals surface area contributed by atoms with Crippen molar-refractivity contribution >= 4 is 28.4 Å². The van der Waals surface area contributed by atoms with Crippen LogP contribution in [0.3, 0.4) is 0 Å². The summed E-state index contributed by atoms with van der Waals surface area (Å²) >= 11 is 0. The molecule has 0 bridgehead atoms. The predicted octanol–water partition coefficient (Wildman–Crippen LogP) is 5.46. The highest BCUT2D eigenvalue weighted by Crippen LogP contribution is 2.48. The van der Waals surface area contributed by atoms with Gasteiger partial charge in [-0.3, -0.25) is 9.48 Å². The molecule has 3 N–H and O–H groups in total.